The van der Waals surface area contributed by atoms with Crippen molar-refractivity contribution in [2.75, 3.05) is 6.61 Å². The molecule has 1 aromatic rings. The van der Waals surface area contributed by atoms with Crippen LogP contribution in [0.3, 0.4) is 0 Å². The molecular weight excluding hydrogens is 244 g/mol. The monoisotopic (exact) mass is 258 g/mol. The lowest BCUT2D eigenvalue weighted by Crippen LogP contribution is -1.92. The van der Waals surface area contributed by atoms with Gasteiger partial charge in [-0.25, -0.2) is 0 Å². The van der Waals surface area contributed by atoms with E-state index in [4.69, 9.17) is 5.11 Å². The van der Waals surface area contributed by atoms with E-state index in [1.54, 1.807) is 6.07 Å². The number of aliphatic hydroxyl groups excluding tert-OH is 1. The van der Waals surface area contributed by atoms with Crippen LogP contribution in [-0.2, 0) is 12.8 Å². The van der Waals surface area contributed by atoms with E-state index in [-0.39, 0.29) is 6.61 Å². The van der Waals surface area contributed by atoms with Crippen molar-refractivity contribution >= 4 is 15.9 Å². The van der Waals surface area contributed by atoms with Gasteiger partial charge in [-0.1, -0.05) is 22.9 Å². The topological polar surface area (TPSA) is 40.5 Å². The molecule has 2 N–H and O–H groups in total. The van der Waals surface area contributed by atoms with E-state index in [1.165, 1.54) is 0 Å². The Morgan fingerprint density at radius 3 is 2.57 bits per heavy atom. The van der Waals surface area contributed by atoms with Gasteiger partial charge in [0.15, 0.2) is 0 Å². The molecule has 0 amide bonds. The third-order valence-electron chi connectivity index (χ3n) is 2.23. The number of aliphatic hydroxyl groups is 1. The maximum Gasteiger partial charge on any atom is 0.119 e. The molecule has 0 radical (unpaired) electrons. The summed E-state index contributed by atoms with van der Waals surface area (Å²) in [6, 6.07) is 3.72. The van der Waals surface area contributed by atoms with Crippen LogP contribution in [0.1, 0.15) is 24.5 Å². The summed E-state index contributed by atoms with van der Waals surface area (Å²) < 4.78 is 1.03. The normalized spacial score (nSPS) is 10.5. The van der Waals surface area contributed by atoms with Crippen molar-refractivity contribution in [3.05, 3.63) is 27.7 Å². The Hall–Kier alpha value is -0.540. The van der Waals surface area contributed by atoms with Crippen LogP contribution in [0.25, 0.3) is 0 Å². The summed E-state index contributed by atoms with van der Waals surface area (Å²) >= 11 is 3.46. The van der Waals surface area contributed by atoms with Gasteiger partial charge in [-0.05, 0) is 42.5 Å². The molecule has 0 unspecified atom stereocenters. The van der Waals surface area contributed by atoms with Gasteiger partial charge in [0.2, 0.25) is 0 Å². The van der Waals surface area contributed by atoms with Crippen LogP contribution in [-0.4, -0.2) is 16.8 Å². The lowest BCUT2D eigenvalue weighted by atomic mass is 10.0. The molecule has 0 aliphatic heterocycles. The van der Waals surface area contributed by atoms with E-state index in [0.717, 1.165) is 22.0 Å². The highest BCUT2D eigenvalue weighted by Crippen LogP contribution is 2.27. The maximum absolute atomic E-state index is 9.67. The smallest absolute Gasteiger partial charge is 0.119 e. The second-order valence-corrected chi connectivity index (χ2v) is 4.11. The van der Waals surface area contributed by atoms with E-state index < -0.39 is 0 Å². The summed E-state index contributed by atoms with van der Waals surface area (Å²) in [4.78, 5) is 0. The molecule has 0 saturated carbocycles. The molecule has 0 saturated heterocycles. The molecule has 1 rings (SSSR count). The van der Waals surface area contributed by atoms with Gasteiger partial charge < -0.3 is 10.2 Å². The average Bonchev–Trinajstić information content (AvgIpc) is 2.18. The number of aryl methyl sites for hydroxylation is 2. The Morgan fingerprint density at radius 1 is 1.29 bits per heavy atom. The van der Waals surface area contributed by atoms with Crippen LogP contribution < -0.4 is 0 Å². The number of phenols is 1. The summed E-state index contributed by atoms with van der Waals surface area (Å²) in [6.45, 7) is 2.21. The van der Waals surface area contributed by atoms with Crippen molar-refractivity contribution in [2.45, 2.75) is 26.2 Å². The summed E-state index contributed by atoms with van der Waals surface area (Å²) in [5.41, 5.74) is 2.00. The second-order valence-electron chi connectivity index (χ2n) is 3.25. The number of rotatable bonds is 4. The van der Waals surface area contributed by atoms with E-state index in [9.17, 15) is 5.11 Å². The molecule has 0 atom stereocenters. The first kappa shape index (κ1) is 11.5. The molecule has 0 bridgehead atoms. The molecule has 0 aliphatic carbocycles. The van der Waals surface area contributed by atoms with Gasteiger partial charge in [0.1, 0.15) is 5.75 Å². The van der Waals surface area contributed by atoms with E-state index in [1.807, 2.05) is 13.0 Å². The highest BCUT2D eigenvalue weighted by molar-refractivity contribution is 9.10. The summed E-state index contributed by atoms with van der Waals surface area (Å²) in [5.74, 6) is 0.332. The maximum atomic E-state index is 9.67. The molecule has 14 heavy (non-hydrogen) atoms. The predicted octanol–water partition coefficient (Wildman–Crippen LogP) is 2.64. The van der Waals surface area contributed by atoms with Crippen LogP contribution >= 0.6 is 15.9 Å². The van der Waals surface area contributed by atoms with Crippen molar-refractivity contribution in [3.8, 4) is 5.75 Å². The van der Waals surface area contributed by atoms with E-state index >= 15 is 0 Å². The molecule has 0 aliphatic rings. The standard InChI is InChI=1S/C11H15BrO2/c1-2-8-7-11(14)9(4-3-5-13)6-10(8)12/h6-7,13-14H,2-5H2,1H3. The third-order valence-corrected chi connectivity index (χ3v) is 2.97. The number of benzene rings is 1. The van der Waals surface area contributed by atoms with Crippen LogP contribution in [0.4, 0.5) is 0 Å². The lowest BCUT2D eigenvalue weighted by molar-refractivity contribution is 0.288. The molecule has 3 heteroatoms. The Labute approximate surface area is 92.7 Å². The number of phenolic OH excluding ortho intramolecular Hbond substituents is 1. The molecule has 0 spiro atoms. The Bertz CT molecular complexity index is 310. The van der Waals surface area contributed by atoms with Crippen LogP contribution in [0, 0.1) is 0 Å². The molecule has 0 heterocycles. The summed E-state index contributed by atoms with van der Waals surface area (Å²) in [7, 11) is 0. The highest BCUT2D eigenvalue weighted by atomic mass is 79.9. The average molecular weight is 259 g/mol. The molecule has 0 aromatic heterocycles. The van der Waals surface area contributed by atoms with Crippen molar-refractivity contribution in [2.24, 2.45) is 0 Å². The largest absolute Gasteiger partial charge is 0.508 e. The van der Waals surface area contributed by atoms with Crippen molar-refractivity contribution in [1.82, 2.24) is 0 Å². The first-order chi connectivity index (χ1) is 6.69. The third kappa shape index (κ3) is 2.72. The first-order valence-corrected chi connectivity index (χ1v) is 5.59. The Kier molecular flexibility index (Phi) is 4.42. The first-order valence-electron chi connectivity index (χ1n) is 4.80. The zero-order valence-corrected chi connectivity index (χ0v) is 9.84. The number of hydrogen-bond acceptors (Lipinski definition) is 2. The zero-order chi connectivity index (χ0) is 10.6. The van der Waals surface area contributed by atoms with E-state index in [0.29, 0.717) is 18.6 Å². The summed E-state index contributed by atoms with van der Waals surface area (Å²) in [5, 5.41) is 18.4. The zero-order valence-electron chi connectivity index (χ0n) is 8.26. The highest BCUT2D eigenvalue weighted by Gasteiger charge is 2.05. The predicted molar refractivity (Wildman–Crippen MR) is 60.6 cm³/mol. The summed E-state index contributed by atoms with van der Waals surface area (Å²) in [6.07, 6.45) is 2.30. The molecule has 78 valence electrons. The number of aromatic hydroxyl groups is 1. The van der Waals surface area contributed by atoms with Gasteiger partial charge in [-0.15, -0.1) is 0 Å². The SMILES string of the molecule is CCc1cc(O)c(CCCO)cc1Br. The van der Waals surface area contributed by atoms with Gasteiger partial charge in [0.25, 0.3) is 0 Å². The van der Waals surface area contributed by atoms with Crippen molar-refractivity contribution in [1.29, 1.82) is 0 Å². The minimum absolute atomic E-state index is 0.159. The van der Waals surface area contributed by atoms with E-state index in [2.05, 4.69) is 15.9 Å². The Morgan fingerprint density at radius 2 is 2.00 bits per heavy atom. The Balaban J connectivity index is 2.90. The second kappa shape index (κ2) is 5.37. The fraction of sp³-hybridized carbons (Fsp3) is 0.455. The van der Waals surface area contributed by atoms with Crippen LogP contribution in [0.15, 0.2) is 16.6 Å². The van der Waals surface area contributed by atoms with Crippen molar-refractivity contribution < 1.29 is 10.2 Å². The van der Waals surface area contributed by atoms with Crippen LogP contribution in [0.2, 0.25) is 0 Å². The van der Waals surface area contributed by atoms with Crippen LogP contribution in [0.5, 0.6) is 5.75 Å². The molecule has 0 fully saturated rings. The van der Waals surface area contributed by atoms with Gasteiger partial charge in [0.05, 0.1) is 0 Å². The van der Waals surface area contributed by atoms with Crippen molar-refractivity contribution in [3.63, 3.8) is 0 Å². The quantitative estimate of drug-likeness (QED) is 0.872. The molecule has 2 nitrogen and oxygen atoms in total. The molecular formula is C11H15BrO2. The van der Waals surface area contributed by atoms with Gasteiger partial charge >= 0.3 is 0 Å². The number of hydrogen-bond donors (Lipinski definition) is 2. The fourth-order valence-corrected chi connectivity index (χ4v) is 2.06. The van der Waals surface area contributed by atoms with Gasteiger partial charge in [-0.3, -0.25) is 0 Å². The number of halogens is 1. The van der Waals surface area contributed by atoms with Gasteiger partial charge in [-0.2, -0.15) is 0 Å². The van der Waals surface area contributed by atoms with Gasteiger partial charge in [0, 0.05) is 11.1 Å². The fourth-order valence-electron chi connectivity index (χ4n) is 1.39. The lowest BCUT2D eigenvalue weighted by Gasteiger charge is -2.08. The minimum atomic E-state index is 0.159. The molecule has 1 aromatic carbocycles. The minimum Gasteiger partial charge on any atom is -0.508 e.